The van der Waals surface area contributed by atoms with Crippen molar-refractivity contribution in [2.75, 3.05) is 6.54 Å². The molecule has 0 saturated heterocycles. The largest absolute Gasteiger partial charge is 0.444 e. The third kappa shape index (κ3) is 6.69. The molecule has 0 aromatic heterocycles. The summed E-state index contributed by atoms with van der Waals surface area (Å²) in [5.41, 5.74) is 0.120. The quantitative estimate of drug-likeness (QED) is 0.429. The molecule has 0 unspecified atom stereocenters. The molecule has 1 rings (SSSR count). The van der Waals surface area contributed by atoms with Crippen LogP contribution < -0.4 is 4.74 Å². The van der Waals surface area contributed by atoms with Gasteiger partial charge in [-0.25, -0.2) is 4.79 Å². The number of amides is 1. The zero-order chi connectivity index (χ0) is 18.2. The summed E-state index contributed by atoms with van der Waals surface area (Å²) in [6, 6.07) is 7.08. The second-order valence-electron chi connectivity index (χ2n) is 6.22. The highest BCUT2D eigenvalue weighted by atomic mass is 16.6. The van der Waals surface area contributed by atoms with Gasteiger partial charge in [0.1, 0.15) is 11.4 Å². The molecular formula is C19H25NO4. The molecule has 0 saturated carbocycles. The van der Waals surface area contributed by atoms with Crippen molar-refractivity contribution in [3.8, 4) is 5.75 Å². The van der Waals surface area contributed by atoms with E-state index in [0.29, 0.717) is 17.9 Å². The fourth-order valence-electron chi connectivity index (χ4n) is 1.91. The van der Waals surface area contributed by atoms with Gasteiger partial charge in [-0.3, -0.25) is 4.79 Å². The van der Waals surface area contributed by atoms with Crippen LogP contribution in [-0.2, 0) is 16.1 Å². The SMILES string of the molecule is C=CCC(=O)Oc1ccccc1CN(CC=C)C(=O)OC(C)(C)C. The third-order valence-corrected chi connectivity index (χ3v) is 2.87. The second kappa shape index (κ2) is 8.91. The predicted octanol–water partition coefficient (Wildman–Crippen LogP) is 4.09. The highest BCUT2D eigenvalue weighted by Crippen LogP contribution is 2.21. The summed E-state index contributed by atoms with van der Waals surface area (Å²) in [5, 5.41) is 0. The molecule has 5 heteroatoms. The molecule has 0 heterocycles. The maximum Gasteiger partial charge on any atom is 0.410 e. The lowest BCUT2D eigenvalue weighted by atomic mass is 10.2. The average Bonchev–Trinajstić information content (AvgIpc) is 2.47. The lowest BCUT2D eigenvalue weighted by molar-refractivity contribution is -0.133. The zero-order valence-electron chi connectivity index (χ0n) is 14.6. The van der Waals surface area contributed by atoms with Gasteiger partial charge in [0.2, 0.25) is 0 Å². The van der Waals surface area contributed by atoms with Crippen LogP contribution in [-0.4, -0.2) is 29.1 Å². The lowest BCUT2D eigenvalue weighted by Gasteiger charge is -2.27. The Morgan fingerprint density at radius 1 is 1.17 bits per heavy atom. The van der Waals surface area contributed by atoms with E-state index >= 15 is 0 Å². The maximum atomic E-state index is 12.3. The second-order valence-corrected chi connectivity index (χ2v) is 6.22. The van der Waals surface area contributed by atoms with Crippen LogP contribution in [0.15, 0.2) is 49.6 Å². The summed E-state index contributed by atoms with van der Waals surface area (Å²) in [6.45, 7) is 13.2. The van der Waals surface area contributed by atoms with Gasteiger partial charge in [-0.15, -0.1) is 13.2 Å². The highest BCUT2D eigenvalue weighted by Gasteiger charge is 2.22. The van der Waals surface area contributed by atoms with E-state index in [4.69, 9.17) is 9.47 Å². The first-order valence-electron chi connectivity index (χ1n) is 7.75. The predicted molar refractivity (Wildman–Crippen MR) is 93.7 cm³/mol. The van der Waals surface area contributed by atoms with Crippen molar-refractivity contribution < 1.29 is 19.1 Å². The number of ether oxygens (including phenoxy) is 2. The Morgan fingerprint density at radius 2 is 1.83 bits per heavy atom. The molecule has 130 valence electrons. The van der Waals surface area contributed by atoms with E-state index in [1.54, 1.807) is 24.3 Å². The van der Waals surface area contributed by atoms with Crippen molar-refractivity contribution >= 4 is 12.1 Å². The van der Waals surface area contributed by atoms with E-state index in [9.17, 15) is 9.59 Å². The number of carbonyl (C=O) groups excluding carboxylic acids is 2. The van der Waals surface area contributed by atoms with Crippen molar-refractivity contribution in [2.24, 2.45) is 0 Å². The van der Waals surface area contributed by atoms with Crippen LogP contribution in [0.3, 0.4) is 0 Å². The van der Waals surface area contributed by atoms with Crippen LogP contribution in [0.2, 0.25) is 0 Å². The Hall–Kier alpha value is -2.56. The van der Waals surface area contributed by atoms with E-state index in [1.165, 1.54) is 11.0 Å². The summed E-state index contributed by atoms with van der Waals surface area (Å²) < 4.78 is 10.7. The summed E-state index contributed by atoms with van der Waals surface area (Å²) in [7, 11) is 0. The van der Waals surface area contributed by atoms with Crippen molar-refractivity contribution in [1.82, 2.24) is 4.90 Å². The summed E-state index contributed by atoms with van der Waals surface area (Å²) >= 11 is 0. The number of para-hydroxylation sites is 1. The molecule has 0 aliphatic heterocycles. The molecule has 0 spiro atoms. The Kier molecular flexibility index (Phi) is 7.24. The van der Waals surface area contributed by atoms with E-state index in [2.05, 4.69) is 13.2 Å². The molecule has 0 bridgehead atoms. The van der Waals surface area contributed by atoms with Gasteiger partial charge >= 0.3 is 12.1 Å². The summed E-state index contributed by atoms with van der Waals surface area (Å²) in [6.07, 6.45) is 2.78. The first-order chi connectivity index (χ1) is 11.3. The standard InChI is InChI=1S/C19H25NO4/c1-6-10-17(21)23-16-12-9-8-11-15(16)14-20(13-7-2)18(22)24-19(3,4)5/h6-9,11-12H,1-2,10,13-14H2,3-5H3. The summed E-state index contributed by atoms with van der Waals surface area (Å²) in [5.74, 6) is 0.0203. The van der Waals surface area contributed by atoms with Gasteiger partial charge in [0, 0.05) is 12.1 Å². The van der Waals surface area contributed by atoms with Gasteiger partial charge < -0.3 is 14.4 Å². The molecular weight excluding hydrogens is 306 g/mol. The first-order valence-corrected chi connectivity index (χ1v) is 7.75. The molecule has 1 aromatic carbocycles. The Morgan fingerprint density at radius 3 is 2.42 bits per heavy atom. The number of rotatable bonds is 7. The molecule has 24 heavy (non-hydrogen) atoms. The Bertz CT molecular complexity index is 602. The molecule has 0 atom stereocenters. The zero-order valence-corrected chi connectivity index (χ0v) is 14.6. The van der Waals surface area contributed by atoms with Crippen molar-refractivity contribution in [3.63, 3.8) is 0 Å². The van der Waals surface area contributed by atoms with E-state index in [1.807, 2.05) is 26.8 Å². The molecule has 1 aromatic rings. The molecule has 0 aliphatic carbocycles. The average molecular weight is 331 g/mol. The lowest BCUT2D eigenvalue weighted by Crippen LogP contribution is -2.36. The number of carbonyl (C=O) groups is 2. The van der Waals surface area contributed by atoms with E-state index in [0.717, 1.165) is 0 Å². The van der Waals surface area contributed by atoms with Crippen LogP contribution in [0.5, 0.6) is 5.75 Å². The fourth-order valence-corrected chi connectivity index (χ4v) is 1.91. The third-order valence-electron chi connectivity index (χ3n) is 2.87. The molecule has 5 nitrogen and oxygen atoms in total. The molecule has 1 amide bonds. The van der Waals surface area contributed by atoms with Crippen molar-refractivity contribution in [1.29, 1.82) is 0 Å². The van der Waals surface area contributed by atoms with Gasteiger partial charge in [0.15, 0.2) is 0 Å². The molecule has 0 fully saturated rings. The smallest absolute Gasteiger partial charge is 0.410 e. The molecule has 0 radical (unpaired) electrons. The normalized spacial score (nSPS) is 10.6. The van der Waals surface area contributed by atoms with Crippen LogP contribution in [0.1, 0.15) is 32.8 Å². The van der Waals surface area contributed by atoms with Crippen LogP contribution in [0, 0.1) is 0 Å². The number of benzene rings is 1. The number of hydrogen-bond acceptors (Lipinski definition) is 4. The molecule has 0 aliphatic rings. The van der Waals surface area contributed by atoms with Crippen molar-refractivity contribution in [2.45, 2.75) is 39.3 Å². The molecule has 0 N–H and O–H groups in total. The van der Waals surface area contributed by atoms with E-state index < -0.39 is 17.7 Å². The number of nitrogens with zero attached hydrogens (tertiary/aromatic N) is 1. The number of esters is 1. The first kappa shape index (κ1) is 19.5. The maximum absolute atomic E-state index is 12.3. The Balaban J connectivity index is 2.94. The minimum atomic E-state index is -0.591. The van der Waals surface area contributed by atoms with Crippen LogP contribution in [0.25, 0.3) is 0 Å². The monoisotopic (exact) mass is 331 g/mol. The highest BCUT2D eigenvalue weighted by molar-refractivity contribution is 5.74. The fraction of sp³-hybridized carbons (Fsp3) is 0.368. The van der Waals surface area contributed by atoms with E-state index in [-0.39, 0.29) is 13.0 Å². The topological polar surface area (TPSA) is 55.8 Å². The van der Waals surface area contributed by atoms with Gasteiger partial charge in [-0.2, -0.15) is 0 Å². The van der Waals surface area contributed by atoms with Crippen LogP contribution >= 0.6 is 0 Å². The van der Waals surface area contributed by atoms with Gasteiger partial charge in [0.05, 0.1) is 13.0 Å². The Labute approximate surface area is 143 Å². The summed E-state index contributed by atoms with van der Waals surface area (Å²) in [4.78, 5) is 25.5. The minimum absolute atomic E-state index is 0.122. The van der Waals surface area contributed by atoms with Crippen molar-refractivity contribution in [3.05, 3.63) is 55.1 Å². The number of hydrogen-bond donors (Lipinski definition) is 0. The minimum Gasteiger partial charge on any atom is -0.444 e. The van der Waals surface area contributed by atoms with Crippen LogP contribution in [0.4, 0.5) is 4.79 Å². The van der Waals surface area contributed by atoms with Gasteiger partial charge in [0.25, 0.3) is 0 Å². The van der Waals surface area contributed by atoms with Gasteiger partial charge in [-0.1, -0.05) is 30.4 Å². The van der Waals surface area contributed by atoms with Gasteiger partial charge in [-0.05, 0) is 26.8 Å².